The van der Waals surface area contributed by atoms with Crippen LogP contribution < -0.4 is 11.3 Å². The molecule has 34 heavy (non-hydrogen) atoms. The second kappa shape index (κ2) is 9.77. The number of benzene rings is 2. The van der Waals surface area contributed by atoms with Gasteiger partial charge in [0, 0.05) is 23.7 Å². The van der Waals surface area contributed by atoms with E-state index < -0.39 is 5.82 Å². The van der Waals surface area contributed by atoms with Crippen molar-refractivity contribution in [2.45, 2.75) is 32.1 Å². The lowest BCUT2D eigenvalue weighted by Crippen LogP contribution is -2.20. The van der Waals surface area contributed by atoms with Gasteiger partial charge in [-0.15, -0.1) is 0 Å². The summed E-state index contributed by atoms with van der Waals surface area (Å²) in [6, 6.07) is 13.0. The molecule has 0 spiro atoms. The number of aliphatic imine (C=N–C) groups is 1. The highest BCUT2D eigenvalue weighted by Gasteiger charge is 2.41. The number of nitrogens with two attached hydrogens (primary N) is 1. The van der Waals surface area contributed by atoms with Gasteiger partial charge >= 0.3 is 0 Å². The Morgan fingerprint density at radius 2 is 1.91 bits per heavy atom. The van der Waals surface area contributed by atoms with E-state index in [0.29, 0.717) is 11.4 Å². The number of aryl methyl sites for hydroxylation is 1. The number of rotatable bonds is 6. The topological polar surface area (TPSA) is 60.4 Å². The fourth-order valence-electron chi connectivity index (χ4n) is 4.07. The van der Waals surface area contributed by atoms with Gasteiger partial charge in [-0.3, -0.25) is 14.4 Å². The van der Waals surface area contributed by atoms with Gasteiger partial charge in [-0.05, 0) is 79.6 Å². The van der Waals surface area contributed by atoms with Crippen LogP contribution in [0, 0.1) is 18.6 Å². The lowest BCUT2D eigenvalue weighted by atomic mass is 10.0. The van der Waals surface area contributed by atoms with Crippen LogP contribution in [-0.2, 0) is 0 Å². The molecule has 2 unspecified atom stereocenters. The lowest BCUT2D eigenvalue weighted by molar-refractivity contribution is 0.627. The lowest BCUT2D eigenvalue weighted by Gasteiger charge is -2.11. The zero-order valence-corrected chi connectivity index (χ0v) is 19.6. The highest BCUT2D eigenvalue weighted by atomic mass is 35.5. The largest absolute Gasteiger partial charge is 0.396 e. The maximum absolute atomic E-state index is 14.6. The van der Waals surface area contributed by atoms with Crippen LogP contribution in [0.3, 0.4) is 0 Å². The molecule has 1 aliphatic rings. The summed E-state index contributed by atoms with van der Waals surface area (Å²) in [6.45, 7) is 3.61. The third-order valence-electron chi connectivity index (χ3n) is 5.94. The van der Waals surface area contributed by atoms with Crippen molar-refractivity contribution in [3.63, 3.8) is 0 Å². The summed E-state index contributed by atoms with van der Waals surface area (Å²) in [5, 5.41) is 0.145. The first kappa shape index (κ1) is 23.6. The molecule has 2 aromatic carbocycles. The van der Waals surface area contributed by atoms with E-state index in [2.05, 4.69) is 4.99 Å². The molecule has 0 aliphatic heterocycles. The maximum atomic E-state index is 14.6. The Morgan fingerprint density at radius 1 is 1.18 bits per heavy atom. The molecule has 3 aromatic rings. The molecule has 1 fully saturated rings. The Bertz CT molecular complexity index is 1370. The number of hydrogen-bond donors (Lipinski definition) is 1. The van der Waals surface area contributed by atoms with Gasteiger partial charge in [0.15, 0.2) is 5.82 Å². The van der Waals surface area contributed by atoms with E-state index in [4.69, 9.17) is 17.3 Å². The second-order valence-corrected chi connectivity index (χ2v) is 8.63. The number of nitrogens with zero attached hydrogens (tertiary/aromatic N) is 2. The SMILES string of the molecule is C/C=C/N=C(/C=C/n1c(C)cc(C2CC2c2ccc(F)cc2)c(Cl)c1=O)c1cccc(N)c1F. The summed E-state index contributed by atoms with van der Waals surface area (Å²) < 4.78 is 29.3. The normalized spacial score (nSPS) is 18.2. The number of pyridine rings is 1. The van der Waals surface area contributed by atoms with Crippen molar-refractivity contribution in [3.05, 3.63) is 116 Å². The van der Waals surface area contributed by atoms with Crippen LogP contribution in [0.2, 0.25) is 5.02 Å². The summed E-state index contributed by atoms with van der Waals surface area (Å²) in [5.41, 5.74) is 8.39. The molecular weight excluding hydrogens is 456 g/mol. The fraction of sp³-hybridized carbons (Fsp3) is 0.185. The molecule has 7 heteroatoms. The van der Waals surface area contributed by atoms with E-state index in [1.165, 1.54) is 35.2 Å². The Labute approximate surface area is 201 Å². The van der Waals surface area contributed by atoms with Crippen molar-refractivity contribution in [2.24, 2.45) is 4.99 Å². The summed E-state index contributed by atoms with van der Waals surface area (Å²) >= 11 is 6.50. The van der Waals surface area contributed by atoms with Gasteiger partial charge in [-0.1, -0.05) is 35.9 Å². The van der Waals surface area contributed by atoms with Gasteiger partial charge in [-0.25, -0.2) is 8.78 Å². The van der Waals surface area contributed by atoms with Crippen LogP contribution in [0.5, 0.6) is 0 Å². The van der Waals surface area contributed by atoms with Crippen molar-refractivity contribution in [1.82, 2.24) is 4.57 Å². The minimum Gasteiger partial charge on any atom is -0.396 e. The van der Waals surface area contributed by atoms with E-state index in [9.17, 15) is 13.6 Å². The molecule has 0 radical (unpaired) electrons. The van der Waals surface area contributed by atoms with Crippen LogP contribution in [0.25, 0.3) is 6.20 Å². The van der Waals surface area contributed by atoms with Crippen LogP contribution in [-0.4, -0.2) is 10.3 Å². The third-order valence-corrected chi connectivity index (χ3v) is 6.32. The molecule has 0 amide bonds. The predicted octanol–water partition coefficient (Wildman–Crippen LogP) is 6.44. The minimum atomic E-state index is -0.576. The zero-order chi connectivity index (χ0) is 24.4. The number of halogens is 3. The highest BCUT2D eigenvalue weighted by molar-refractivity contribution is 6.31. The van der Waals surface area contributed by atoms with E-state index in [0.717, 1.165) is 17.5 Å². The van der Waals surface area contributed by atoms with Gasteiger partial charge in [0.05, 0.1) is 11.4 Å². The van der Waals surface area contributed by atoms with Crippen molar-refractivity contribution < 1.29 is 8.78 Å². The van der Waals surface area contributed by atoms with Gasteiger partial charge in [0.1, 0.15) is 10.8 Å². The van der Waals surface area contributed by atoms with Crippen LogP contribution >= 0.6 is 11.6 Å². The molecule has 2 N–H and O–H groups in total. The quantitative estimate of drug-likeness (QED) is 0.327. The first-order chi connectivity index (χ1) is 16.3. The molecule has 174 valence electrons. The molecule has 2 atom stereocenters. The van der Waals surface area contributed by atoms with E-state index in [1.54, 1.807) is 43.3 Å². The van der Waals surface area contributed by atoms with Crippen molar-refractivity contribution in [2.75, 3.05) is 5.73 Å². The Hall–Kier alpha value is -3.51. The standard InChI is InChI=1S/C27H24ClF2N3O/c1-3-12-32-24(19-5-4-6-23(31)26(19)30)11-13-33-16(2)14-22(25(28)27(33)34)21-15-20(21)17-7-9-18(29)10-8-17/h3-14,20-21H,15,31H2,1-2H3/b12-3+,13-11+,32-24-. The van der Waals surface area contributed by atoms with E-state index in [1.807, 2.05) is 13.0 Å². The highest BCUT2D eigenvalue weighted by Crippen LogP contribution is 2.55. The summed E-state index contributed by atoms with van der Waals surface area (Å²) in [5.74, 6) is -0.543. The average Bonchev–Trinajstić information content (AvgIpc) is 3.61. The first-order valence-electron chi connectivity index (χ1n) is 10.9. The molecule has 4 rings (SSSR count). The smallest absolute Gasteiger partial charge is 0.273 e. The summed E-state index contributed by atoms with van der Waals surface area (Å²) in [4.78, 5) is 17.4. The second-order valence-electron chi connectivity index (χ2n) is 8.25. The Kier molecular flexibility index (Phi) is 6.80. The van der Waals surface area contributed by atoms with Crippen LogP contribution in [0.15, 0.2) is 76.7 Å². The molecule has 4 nitrogen and oxygen atoms in total. The molecule has 1 aromatic heterocycles. The first-order valence-corrected chi connectivity index (χ1v) is 11.3. The molecule has 1 saturated carbocycles. The minimum absolute atomic E-state index is 0.0139. The van der Waals surface area contributed by atoms with Crippen molar-refractivity contribution >= 4 is 29.2 Å². The number of aromatic nitrogens is 1. The van der Waals surface area contributed by atoms with Gasteiger partial charge < -0.3 is 5.73 Å². The van der Waals surface area contributed by atoms with Crippen molar-refractivity contribution in [1.29, 1.82) is 0 Å². The molecule has 1 aliphatic carbocycles. The summed E-state index contributed by atoms with van der Waals surface area (Å²) in [7, 11) is 0. The predicted molar refractivity (Wildman–Crippen MR) is 134 cm³/mol. The van der Waals surface area contributed by atoms with E-state index >= 15 is 0 Å². The van der Waals surface area contributed by atoms with Crippen LogP contribution in [0.4, 0.5) is 14.5 Å². The average molecular weight is 480 g/mol. The fourth-order valence-corrected chi connectivity index (χ4v) is 4.36. The molecule has 0 bridgehead atoms. The third kappa shape index (κ3) is 4.73. The summed E-state index contributed by atoms with van der Waals surface area (Å²) in [6.07, 6.45) is 7.19. The molecule has 0 saturated heterocycles. The molecular formula is C27H24ClF2N3O. The maximum Gasteiger partial charge on any atom is 0.273 e. The Morgan fingerprint density at radius 3 is 2.62 bits per heavy atom. The molecule has 1 heterocycles. The van der Waals surface area contributed by atoms with Gasteiger partial charge in [-0.2, -0.15) is 0 Å². The number of nitrogen functional groups attached to an aromatic ring is 1. The van der Waals surface area contributed by atoms with Crippen molar-refractivity contribution in [3.8, 4) is 0 Å². The van der Waals surface area contributed by atoms with Gasteiger partial charge in [0.25, 0.3) is 5.56 Å². The zero-order valence-electron chi connectivity index (χ0n) is 18.8. The Balaban J connectivity index is 1.66. The van der Waals surface area contributed by atoms with Gasteiger partial charge in [0.2, 0.25) is 0 Å². The number of allylic oxidation sites excluding steroid dienone is 2. The van der Waals surface area contributed by atoms with E-state index in [-0.39, 0.29) is 39.5 Å². The monoisotopic (exact) mass is 479 g/mol. The number of anilines is 1. The van der Waals surface area contributed by atoms with Crippen LogP contribution in [0.1, 0.15) is 47.6 Å². The number of hydrogen-bond acceptors (Lipinski definition) is 3.